The number of fused-ring (bicyclic) bond motifs is 1. The number of hydrogen-bond donors (Lipinski definition) is 1. The molecule has 1 atom stereocenters. The third-order valence-corrected chi connectivity index (χ3v) is 6.29. The topological polar surface area (TPSA) is 62.3 Å². The molecule has 1 aromatic heterocycles. The number of carbonyl (C=O) groups is 2. The maximum absolute atomic E-state index is 12.6. The Balaban J connectivity index is 1.31. The minimum Gasteiger partial charge on any atom is -0.352 e. The van der Waals surface area contributed by atoms with Crippen molar-refractivity contribution in [2.45, 2.75) is 25.2 Å². The maximum atomic E-state index is 12.6. The van der Waals surface area contributed by atoms with Gasteiger partial charge in [-0.2, -0.15) is 0 Å². The summed E-state index contributed by atoms with van der Waals surface area (Å²) in [5.74, 6) is 0.257. The number of amides is 2. The number of hydrogen-bond acceptors (Lipinski definition) is 4. The quantitative estimate of drug-likeness (QED) is 0.717. The van der Waals surface area contributed by atoms with Crippen molar-refractivity contribution in [3.8, 4) is 0 Å². The minimum atomic E-state index is -0.139. The lowest BCUT2D eigenvalue weighted by Gasteiger charge is -2.32. The molecule has 144 valence electrons. The van der Waals surface area contributed by atoms with E-state index in [0.29, 0.717) is 31.0 Å². The van der Waals surface area contributed by atoms with E-state index in [0.717, 1.165) is 29.9 Å². The van der Waals surface area contributed by atoms with Gasteiger partial charge in [-0.3, -0.25) is 9.59 Å². The van der Waals surface area contributed by atoms with E-state index in [9.17, 15) is 9.59 Å². The van der Waals surface area contributed by atoms with Crippen molar-refractivity contribution < 1.29 is 9.59 Å². The Morgan fingerprint density at radius 2 is 1.89 bits per heavy atom. The van der Waals surface area contributed by atoms with Crippen molar-refractivity contribution in [1.82, 2.24) is 15.2 Å². The summed E-state index contributed by atoms with van der Waals surface area (Å²) in [6.45, 7) is 1.85. The summed E-state index contributed by atoms with van der Waals surface area (Å²) < 4.78 is 1.20. The molecule has 0 bridgehead atoms. The van der Waals surface area contributed by atoms with Crippen molar-refractivity contribution in [1.29, 1.82) is 0 Å². The third kappa shape index (κ3) is 4.22. The van der Waals surface area contributed by atoms with E-state index in [2.05, 4.69) is 11.4 Å². The number of thiazole rings is 1. The molecule has 2 aromatic carbocycles. The average Bonchev–Trinajstić information content (AvgIpc) is 3.19. The van der Waals surface area contributed by atoms with Crippen molar-refractivity contribution >= 4 is 33.4 Å². The number of aromatic nitrogens is 1. The number of likely N-dealkylation sites (tertiary alicyclic amines) is 1. The molecule has 1 fully saturated rings. The largest absolute Gasteiger partial charge is 0.352 e. The van der Waals surface area contributed by atoms with Gasteiger partial charge in [0.15, 0.2) is 0 Å². The summed E-state index contributed by atoms with van der Waals surface area (Å²) in [7, 11) is 0. The van der Waals surface area contributed by atoms with Gasteiger partial charge < -0.3 is 10.2 Å². The van der Waals surface area contributed by atoms with Gasteiger partial charge in [-0.25, -0.2) is 4.98 Å². The molecule has 0 saturated carbocycles. The van der Waals surface area contributed by atoms with Gasteiger partial charge >= 0.3 is 0 Å². The zero-order valence-electron chi connectivity index (χ0n) is 15.6. The van der Waals surface area contributed by atoms with E-state index in [1.807, 2.05) is 41.3 Å². The average molecular weight is 394 g/mol. The van der Waals surface area contributed by atoms with Gasteiger partial charge in [-0.1, -0.05) is 30.3 Å². The molecule has 0 radical (unpaired) electrons. The highest BCUT2D eigenvalue weighted by molar-refractivity contribution is 7.18. The van der Waals surface area contributed by atoms with Gasteiger partial charge in [0.1, 0.15) is 0 Å². The third-order valence-electron chi connectivity index (χ3n) is 5.09. The number of nitrogens with zero attached hydrogens (tertiary/aromatic N) is 2. The zero-order valence-corrected chi connectivity index (χ0v) is 16.5. The van der Waals surface area contributed by atoms with E-state index in [1.54, 1.807) is 23.5 Å². The number of rotatable bonds is 5. The van der Waals surface area contributed by atoms with Crippen molar-refractivity contribution in [2.75, 3.05) is 19.6 Å². The lowest BCUT2D eigenvalue weighted by Crippen LogP contribution is -2.40. The number of carbonyl (C=O) groups excluding carboxylic acids is 2. The Bertz CT molecular complexity index is 937. The predicted octanol–water partition coefficient (Wildman–Crippen LogP) is 3.82. The Morgan fingerprint density at radius 3 is 2.71 bits per heavy atom. The predicted molar refractivity (Wildman–Crippen MR) is 112 cm³/mol. The molecule has 2 heterocycles. The zero-order chi connectivity index (χ0) is 19.3. The second-order valence-electron chi connectivity index (χ2n) is 7.07. The minimum absolute atomic E-state index is 0.0965. The van der Waals surface area contributed by atoms with Crippen molar-refractivity contribution in [3.05, 3.63) is 65.2 Å². The Kier molecular flexibility index (Phi) is 5.67. The first-order valence-electron chi connectivity index (χ1n) is 9.67. The standard InChI is InChI=1S/C22H23N3O2S/c26-20(12-13-23-21(27)16-7-2-1-3-8-16)25-14-6-9-17(15-25)22-24-18-10-4-5-11-19(18)28-22/h1-5,7-8,10-11,17H,6,9,12-15H2,(H,23,27)/t17-/m0/s1. The van der Waals surface area contributed by atoms with Crippen LogP contribution in [0.3, 0.4) is 0 Å². The highest BCUT2D eigenvalue weighted by Crippen LogP contribution is 2.33. The second kappa shape index (κ2) is 8.52. The maximum Gasteiger partial charge on any atom is 0.251 e. The van der Waals surface area contributed by atoms with Crippen LogP contribution in [0.15, 0.2) is 54.6 Å². The van der Waals surface area contributed by atoms with Crippen LogP contribution in [0.5, 0.6) is 0 Å². The number of benzene rings is 2. The normalized spacial score (nSPS) is 16.9. The van der Waals surface area contributed by atoms with Crippen LogP contribution < -0.4 is 5.32 Å². The van der Waals surface area contributed by atoms with Gasteiger partial charge in [0.2, 0.25) is 5.91 Å². The first kappa shape index (κ1) is 18.6. The smallest absolute Gasteiger partial charge is 0.251 e. The van der Waals surface area contributed by atoms with Crippen LogP contribution in [0.25, 0.3) is 10.2 Å². The molecule has 1 aliphatic rings. The van der Waals surface area contributed by atoms with Crippen molar-refractivity contribution in [2.24, 2.45) is 0 Å². The summed E-state index contributed by atoms with van der Waals surface area (Å²) in [5, 5.41) is 3.95. The Morgan fingerprint density at radius 1 is 1.11 bits per heavy atom. The van der Waals surface area contributed by atoms with Gasteiger partial charge in [0, 0.05) is 37.5 Å². The summed E-state index contributed by atoms with van der Waals surface area (Å²) in [6.07, 6.45) is 2.38. The molecule has 6 heteroatoms. The lowest BCUT2D eigenvalue weighted by atomic mass is 9.98. The lowest BCUT2D eigenvalue weighted by molar-refractivity contribution is -0.132. The summed E-state index contributed by atoms with van der Waals surface area (Å²) in [4.78, 5) is 31.4. The second-order valence-corrected chi connectivity index (χ2v) is 8.13. The van der Waals surface area contributed by atoms with Crippen LogP contribution in [-0.2, 0) is 4.79 Å². The fourth-order valence-electron chi connectivity index (χ4n) is 3.60. The molecule has 2 amide bonds. The summed E-state index contributed by atoms with van der Waals surface area (Å²) in [6, 6.07) is 17.2. The van der Waals surface area contributed by atoms with Crippen LogP contribution in [0.2, 0.25) is 0 Å². The van der Waals surface area contributed by atoms with Gasteiger partial charge in [0.25, 0.3) is 5.91 Å². The summed E-state index contributed by atoms with van der Waals surface area (Å²) >= 11 is 1.73. The first-order chi connectivity index (χ1) is 13.7. The fraction of sp³-hybridized carbons (Fsp3) is 0.318. The van der Waals surface area contributed by atoms with Crippen LogP contribution >= 0.6 is 11.3 Å². The molecule has 3 aromatic rings. The van der Waals surface area contributed by atoms with E-state index in [4.69, 9.17) is 4.98 Å². The number of nitrogens with one attached hydrogen (secondary N) is 1. The van der Waals surface area contributed by atoms with E-state index in [1.165, 1.54) is 4.70 Å². The van der Waals surface area contributed by atoms with Crippen LogP contribution in [0.4, 0.5) is 0 Å². The van der Waals surface area contributed by atoms with Crippen LogP contribution in [-0.4, -0.2) is 41.3 Å². The van der Waals surface area contributed by atoms with Crippen LogP contribution in [0.1, 0.15) is 40.5 Å². The summed E-state index contributed by atoms with van der Waals surface area (Å²) in [5.41, 5.74) is 1.65. The highest BCUT2D eigenvalue weighted by atomic mass is 32.1. The number of piperidine rings is 1. The molecular formula is C22H23N3O2S. The first-order valence-corrected chi connectivity index (χ1v) is 10.5. The molecule has 4 rings (SSSR count). The molecule has 5 nitrogen and oxygen atoms in total. The molecule has 0 unspecified atom stereocenters. The molecule has 1 saturated heterocycles. The molecular weight excluding hydrogens is 370 g/mol. The van der Waals surface area contributed by atoms with Gasteiger partial charge in [-0.15, -0.1) is 11.3 Å². The highest BCUT2D eigenvalue weighted by Gasteiger charge is 2.26. The van der Waals surface area contributed by atoms with E-state index < -0.39 is 0 Å². The van der Waals surface area contributed by atoms with Crippen LogP contribution in [0, 0.1) is 0 Å². The Labute approximate surface area is 168 Å². The monoisotopic (exact) mass is 393 g/mol. The fourth-order valence-corrected chi connectivity index (χ4v) is 4.70. The van der Waals surface area contributed by atoms with Gasteiger partial charge in [0.05, 0.1) is 15.2 Å². The van der Waals surface area contributed by atoms with E-state index >= 15 is 0 Å². The molecule has 0 aliphatic carbocycles. The van der Waals surface area contributed by atoms with E-state index in [-0.39, 0.29) is 11.8 Å². The number of para-hydroxylation sites is 1. The Hall–Kier alpha value is -2.73. The molecule has 1 N–H and O–H groups in total. The SMILES string of the molecule is O=C(NCCC(=O)N1CCC[C@H](c2nc3ccccc3s2)C1)c1ccccc1. The van der Waals surface area contributed by atoms with Crippen molar-refractivity contribution in [3.63, 3.8) is 0 Å². The molecule has 28 heavy (non-hydrogen) atoms. The van der Waals surface area contributed by atoms with Gasteiger partial charge in [-0.05, 0) is 37.1 Å². The molecule has 0 spiro atoms. The molecule has 1 aliphatic heterocycles.